The number of halogens is 2. The Morgan fingerprint density at radius 1 is 1.28 bits per heavy atom. The van der Waals surface area contributed by atoms with Crippen LogP contribution in [-0.4, -0.2) is 62.8 Å². The van der Waals surface area contributed by atoms with Crippen molar-refractivity contribution in [3.8, 4) is 11.8 Å². The fraction of sp³-hybridized carbons (Fsp3) is 0.381. The van der Waals surface area contributed by atoms with Crippen molar-refractivity contribution < 1.29 is 18.3 Å². The van der Waals surface area contributed by atoms with Crippen LogP contribution in [0, 0.1) is 23.1 Å². The van der Waals surface area contributed by atoms with Crippen LogP contribution in [0.15, 0.2) is 30.9 Å². The highest BCUT2D eigenvalue weighted by Crippen LogP contribution is 2.30. The summed E-state index contributed by atoms with van der Waals surface area (Å²) in [6.45, 7) is 1.12. The number of aromatic nitrogens is 4. The first-order valence-electron chi connectivity index (χ1n) is 10.2. The minimum absolute atomic E-state index is 0.0158. The van der Waals surface area contributed by atoms with E-state index in [1.807, 2.05) is 6.07 Å². The van der Waals surface area contributed by atoms with Crippen molar-refractivity contribution >= 4 is 17.4 Å². The molecule has 1 fully saturated rings. The van der Waals surface area contributed by atoms with E-state index in [1.54, 1.807) is 22.1 Å². The maximum Gasteiger partial charge on any atom is 0.229 e. The van der Waals surface area contributed by atoms with E-state index in [2.05, 4.69) is 15.1 Å². The van der Waals surface area contributed by atoms with E-state index in [0.29, 0.717) is 42.2 Å². The number of pyridine rings is 1. The van der Waals surface area contributed by atoms with Crippen LogP contribution in [-0.2, 0) is 11.3 Å². The van der Waals surface area contributed by atoms with Gasteiger partial charge in [0.1, 0.15) is 36.0 Å². The maximum atomic E-state index is 15.2. The zero-order valence-electron chi connectivity index (χ0n) is 17.0. The lowest BCUT2D eigenvalue weighted by molar-refractivity contribution is -0.139. The minimum Gasteiger partial charge on any atom is -0.490 e. The number of nitrogens with zero attached hydrogens (tertiary/aromatic N) is 7. The lowest BCUT2D eigenvalue weighted by atomic mass is 9.93. The molecule has 0 spiro atoms. The molecule has 2 atom stereocenters. The first-order valence-corrected chi connectivity index (χ1v) is 10.2. The normalized spacial score (nSPS) is 20.9. The Kier molecular flexibility index (Phi) is 5.05. The van der Waals surface area contributed by atoms with Gasteiger partial charge in [-0.15, -0.1) is 0 Å². The van der Waals surface area contributed by atoms with Gasteiger partial charge in [-0.2, -0.15) is 14.9 Å². The Balaban J connectivity index is 1.32. The number of amides is 1. The van der Waals surface area contributed by atoms with Crippen LogP contribution in [0.25, 0.3) is 5.65 Å². The van der Waals surface area contributed by atoms with Crippen LogP contribution in [0.2, 0.25) is 0 Å². The first-order chi connectivity index (χ1) is 15.6. The summed E-state index contributed by atoms with van der Waals surface area (Å²) in [6, 6.07) is 3.69. The molecule has 0 radical (unpaired) electrons. The fourth-order valence-corrected chi connectivity index (χ4v) is 4.30. The van der Waals surface area contributed by atoms with E-state index in [4.69, 9.17) is 4.74 Å². The van der Waals surface area contributed by atoms with Gasteiger partial charge in [-0.1, -0.05) is 0 Å². The molecule has 9 nitrogen and oxygen atoms in total. The molecule has 1 unspecified atom stereocenters. The van der Waals surface area contributed by atoms with Crippen LogP contribution in [0.1, 0.15) is 17.5 Å². The molecule has 0 N–H and O–H groups in total. The largest absolute Gasteiger partial charge is 0.490 e. The third kappa shape index (κ3) is 3.37. The number of alkyl halides is 1. The number of rotatable bonds is 2. The van der Waals surface area contributed by atoms with Crippen molar-refractivity contribution in [1.82, 2.24) is 24.5 Å². The second-order valence-electron chi connectivity index (χ2n) is 7.78. The van der Waals surface area contributed by atoms with Gasteiger partial charge >= 0.3 is 0 Å². The molecule has 2 aliphatic rings. The van der Waals surface area contributed by atoms with Crippen LogP contribution < -0.4 is 9.64 Å². The van der Waals surface area contributed by atoms with Crippen LogP contribution in [0.5, 0.6) is 5.75 Å². The van der Waals surface area contributed by atoms with Gasteiger partial charge in [-0.05, 0) is 12.5 Å². The highest BCUT2D eigenvalue weighted by molar-refractivity contribution is 5.80. The van der Waals surface area contributed by atoms with E-state index in [-0.39, 0.29) is 31.3 Å². The number of nitriles is 1. The van der Waals surface area contributed by atoms with Crippen molar-refractivity contribution in [2.24, 2.45) is 5.92 Å². The minimum atomic E-state index is -1.41. The lowest BCUT2D eigenvalue weighted by Gasteiger charge is -2.37. The Morgan fingerprint density at radius 3 is 2.97 bits per heavy atom. The number of anilines is 1. The highest BCUT2D eigenvalue weighted by atomic mass is 19.1. The van der Waals surface area contributed by atoms with E-state index < -0.39 is 17.9 Å². The molecule has 1 amide bonds. The molecule has 164 valence electrons. The number of ether oxygens (including phenoxy) is 1. The maximum absolute atomic E-state index is 15.2. The predicted molar refractivity (Wildman–Crippen MR) is 108 cm³/mol. The number of carbonyl (C=O) groups excluding carboxylic acids is 1. The quantitative estimate of drug-likeness (QED) is 0.599. The molecule has 0 aromatic carbocycles. The van der Waals surface area contributed by atoms with E-state index in [1.165, 1.54) is 16.9 Å². The van der Waals surface area contributed by atoms with Gasteiger partial charge in [0.15, 0.2) is 11.5 Å². The Hall–Kier alpha value is -3.81. The second-order valence-corrected chi connectivity index (χ2v) is 7.78. The van der Waals surface area contributed by atoms with Crippen LogP contribution in [0.4, 0.5) is 14.6 Å². The molecular formula is C21H19F2N7O2. The Morgan fingerprint density at radius 2 is 2.16 bits per heavy atom. The average Bonchev–Trinajstić information content (AvgIpc) is 3.05. The van der Waals surface area contributed by atoms with Gasteiger partial charge in [0.25, 0.3) is 0 Å². The standard InChI is InChI=1S/C21H19F2N7O2/c22-16-10-27-30-18(1-3-26-20(16)30)28-4-2-15(17(23)12-28)21(31)29-5-6-32-19-13(7-24)8-25-9-14(19)11-29/h1,3,8-10,15,17H,2,4-6,11-12H2/t15?,17-/m0/s1. The summed E-state index contributed by atoms with van der Waals surface area (Å²) in [5.74, 6) is -0.684. The van der Waals surface area contributed by atoms with Crippen molar-refractivity contribution in [2.75, 3.05) is 31.1 Å². The van der Waals surface area contributed by atoms with Crippen molar-refractivity contribution in [3.05, 3.63) is 47.8 Å². The number of piperidine rings is 1. The number of fused-ring (bicyclic) bond motifs is 2. The number of hydrogen-bond acceptors (Lipinski definition) is 7. The summed E-state index contributed by atoms with van der Waals surface area (Å²) in [5.41, 5.74) is 1.01. The van der Waals surface area contributed by atoms with Gasteiger partial charge in [0.05, 0.1) is 31.7 Å². The van der Waals surface area contributed by atoms with Gasteiger partial charge in [-0.25, -0.2) is 13.8 Å². The van der Waals surface area contributed by atoms with E-state index in [9.17, 15) is 14.4 Å². The van der Waals surface area contributed by atoms with Gasteiger partial charge in [0.2, 0.25) is 5.91 Å². The van der Waals surface area contributed by atoms with Gasteiger partial charge in [0, 0.05) is 30.7 Å². The molecule has 3 aromatic heterocycles. The molecule has 32 heavy (non-hydrogen) atoms. The molecule has 5 rings (SSSR count). The van der Waals surface area contributed by atoms with Gasteiger partial charge in [-0.3, -0.25) is 9.78 Å². The van der Waals surface area contributed by atoms with Gasteiger partial charge < -0.3 is 14.5 Å². The van der Waals surface area contributed by atoms with Crippen molar-refractivity contribution in [3.63, 3.8) is 0 Å². The SMILES string of the molecule is N#Cc1cncc2c1OCCN(C(=O)C1CCN(c3ccnc4c(F)cnn34)C[C@@H]1F)C2. The summed E-state index contributed by atoms with van der Waals surface area (Å²) in [7, 11) is 0. The topological polar surface area (TPSA) is 99.6 Å². The average molecular weight is 439 g/mol. The molecule has 2 aliphatic heterocycles. The third-order valence-corrected chi connectivity index (χ3v) is 5.89. The smallest absolute Gasteiger partial charge is 0.229 e. The monoisotopic (exact) mass is 439 g/mol. The lowest BCUT2D eigenvalue weighted by Crippen LogP contribution is -2.49. The summed E-state index contributed by atoms with van der Waals surface area (Å²) < 4.78 is 36.0. The number of carbonyl (C=O) groups is 1. The fourth-order valence-electron chi connectivity index (χ4n) is 4.30. The first kappa shape index (κ1) is 20.1. The molecule has 1 saturated heterocycles. The molecule has 0 saturated carbocycles. The Bertz CT molecular complexity index is 1220. The predicted octanol–water partition coefficient (Wildman–Crippen LogP) is 1.72. The van der Waals surface area contributed by atoms with E-state index >= 15 is 4.39 Å². The van der Waals surface area contributed by atoms with Crippen LogP contribution >= 0.6 is 0 Å². The molecule has 5 heterocycles. The van der Waals surface area contributed by atoms with Crippen molar-refractivity contribution in [1.29, 1.82) is 5.26 Å². The zero-order valence-corrected chi connectivity index (χ0v) is 17.0. The highest BCUT2D eigenvalue weighted by Gasteiger charge is 2.38. The number of hydrogen-bond donors (Lipinski definition) is 0. The van der Waals surface area contributed by atoms with Crippen molar-refractivity contribution in [2.45, 2.75) is 19.1 Å². The second kappa shape index (κ2) is 8.03. The summed E-state index contributed by atoms with van der Waals surface area (Å²) >= 11 is 0. The summed E-state index contributed by atoms with van der Waals surface area (Å²) in [6.07, 6.45) is 4.40. The molecule has 3 aromatic rings. The molecule has 0 aliphatic carbocycles. The zero-order chi connectivity index (χ0) is 22.2. The third-order valence-electron chi connectivity index (χ3n) is 5.89. The van der Waals surface area contributed by atoms with Crippen LogP contribution in [0.3, 0.4) is 0 Å². The molecule has 11 heteroatoms. The summed E-state index contributed by atoms with van der Waals surface area (Å²) in [4.78, 5) is 24.5. The molecule has 0 bridgehead atoms. The van der Waals surface area contributed by atoms with E-state index in [0.717, 1.165) is 6.20 Å². The summed E-state index contributed by atoms with van der Waals surface area (Å²) in [5, 5.41) is 13.2. The molecular weight excluding hydrogens is 420 g/mol. The Labute approximate surface area is 181 Å².